The Morgan fingerprint density at radius 2 is 2.09 bits per heavy atom. The van der Waals surface area contributed by atoms with E-state index in [0.717, 1.165) is 0 Å². The van der Waals surface area contributed by atoms with Gasteiger partial charge < -0.3 is 14.0 Å². The van der Waals surface area contributed by atoms with E-state index in [1.165, 1.54) is 23.8 Å². The van der Waals surface area contributed by atoms with Crippen molar-refractivity contribution >= 4 is 5.69 Å². The highest BCUT2D eigenvalue weighted by molar-refractivity contribution is 5.50. The normalized spacial score (nSPS) is 10.3. The molecule has 0 aliphatic carbocycles. The van der Waals surface area contributed by atoms with Gasteiger partial charge in [0.25, 0.3) is 5.56 Å². The highest BCUT2D eigenvalue weighted by atomic mass is 16.6. The molecule has 0 fully saturated rings. The first-order valence-corrected chi connectivity index (χ1v) is 6.64. The summed E-state index contributed by atoms with van der Waals surface area (Å²) >= 11 is 0. The average molecular weight is 304 g/mol. The third-order valence-corrected chi connectivity index (χ3v) is 3.16. The van der Waals surface area contributed by atoms with Crippen LogP contribution in [0.4, 0.5) is 5.69 Å². The van der Waals surface area contributed by atoms with Crippen LogP contribution in [0.1, 0.15) is 5.56 Å². The molecule has 0 saturated carbocycles. The number of hydrogen-bond acceptors (Lipinski definition) is 5. The minimum atomic E-state index is -0.531. The van der Waals surface area contributed by atoms with Crippen molar-refractivity contribution in [2.45, 2.75) is 13.5 Å². The van der Waals surface area contributed by atoms with E-state index < -0.39 is 4.92 Å². The molecule has 7 heteroatoms. The Hall–Kier alpha value is -2.83. The second-order valence-electron chi connectivity index (χ2n) is 4.63. The number of ether oxygens (including phenoxy) is 2. The molecule has 0 unspecified atom stereocenters. The van der Waals surface area contributed by atoms with E-state index in [1.807, 2.05) is 0 Å². The van der Waals surface area contributed by atoms with E-state index in [0.29, 0.717) is 17.9 Å². The largest absolute Gasteiger partial charge is 0.496 e. The second kappa shape index (κ2) is 6.75. The summed E-state index contributed by atoms with van der Waals surface area (Å²) < 4.78 is 11.9. The molecule has 0 amide bonds. The average Bonchev–Trinajstić information content (AvgIpc) is 2.51. The molecule has 7 nitrogen and oxygen atoms in total. The Morgan fingerprint density at radius 3 is 2.77 bits per heavy atom. The van der Waals surface area contributed by atoms with Gasteiger partial charge in [0.2, 0.25) is 0 Å². The molecule has 0 aliphatic heterocycles. The number of rotatable bonds is 6. The van der Waals surface area contributed by atoms with Crippen molar-refractivity contribution < 1.29 is 14.4 Å². The molecule has 0 N–H and O–H groups in total. The van der Waals surface area contributed by atoms with Crippen LogP contribution in [0.5, 0.6) is 11.5 Å². The van der Waals surface area contributed by atoms with E-state index in [2.05, 4.69) is 0 Å². The van der Waals surface area contributed by atoms with Gasteiger partial charge in [0.15, 0.2) is 5.75 Å². The first-order chi connectivity index (χ1) is 10.5. The third-order valence-electron chi connectivity index (χ3n) is 3.16. The molecule has 0 bridgehead atoms. The van der Waals surface area contributed by atoms with Crippen molar-refractivity contribution in [1.29, 1.82) is 0 Å². The Labute approximate surface area is 126 Å². The maximum absolute atomic E-state index is 11.9. The summed E-state index contributed by atoms with van der Waals surface area (Å²) in [5, 5.41) is 11.0. The maximum atomic E-state index is 11.9. The number of aromatic nitrogens is 1. The molecule has 1 aromatic heterocycles. The fourth-order valence-corrected chi connectivity index (χ4v) is 1.98. The van der Waals surface area contributed by atoms with Gasteiger partial charge in [-0.2, -0.15) is 0 Å². The van der Waals surface area contributed by atoms with Crippen molar-refractivity contribution in [3.63, 3.8) is 0 Å². The van der Waals surface area contributed by atoms with Gasteiger partial charge in [0, 0.05) is 11.8 Å². The number of hydrogen-bond donors (Lipinski definition) is 0. The lowest BCUT2D eigenvalue weighted by molar-refractivity contribution is -0.385. The lowest BCUT2D eigenvalue weighted by Crippen LogP contribution is -2.24. The van der Waals surface area contributed by atoms with Gasteiger partial charge in [-0.05, 0) is 25.1 Å². The summed E-state index contributed by atoms with van der Waals surface area (Å²) in [5.41, 5.74) is 0.365. The molecule has 2 aromatic rings. The first kappa shape index (κ1) is 15.6. The third kappa shape index (κ3) is 3.43. The molecule has 22 heavy (non-hydrogen) atoms. The van der Waals surface area contributed by atoms with Crippen molar-refractivity contribution in [3.05, 3.63) is 62.6 Å². The molecular formula is C15H16N2O5. The highest BCUT2D eigenvalue weighted by Crippen LogP contribution is 2.30. The lowest BCUT2D eigenvalue weighted by Gasteiger charge is -2.09. The highest BCUT2D eigenvalue weighted by Gasteiger charge is 2.16. The summed E-state index contributed by atoms with van der Waals surface area (Å²) in [6.07, 6.45) is 1.65. The molecule has 1 heterocycles. The van der Waals surface area contributed by atoms with Crippen LogP contribution in [0.25, 0.3) is 0 Å². The molecule has 116 valence electrons. The zero-order valence-electron chi connectivity index (χ0n) is 12.3. The topological polar surface area (TPSA) is 83.6 Å². The Bertz CT molecular complexity index is 739. The van der Waals surface area contributed by atoms with Crippen LogP contribution in [0.3, 0.4) is 0 Å². The monoisotopic (exact) mass is 304 g/mol. The molecule has 0 saturated heterocycles. The molecule has 0 spiro atoms. The standard InChI is InChI=1S/C15H16N2O5/c1-11-4-3-7-16(15(11)18)8-9-22-14-6-5-12(21-2)10-13(14)17(19)20/h3-7,10H,8-9H2,1-2H3. The van der Waals surface area contributed by atoms with Gasteiger partial charge >= 0.3 is 5.69 Å². The number of pyridine rings is 1. The molecule has 0 aliphatic rings. The summed E-state index contributed by atoms with van der Waals surface area (Å²) in [5.74, 6) is 0.528. The fraction of sp³-hybridized carbons (Fsp3) is 0.267. The Morgan fingerprint density at radius 1 is 1.32 bits per heavy atom. The van der Waals surface area contributed by atoms with Crippen molar-refractivity contribution in [3.8, 4) is 11.5 Å². The predicted molar refractivity (Wildman–Crippen MR) is 80.6 cm³/mol. The van der Waals surface area contributed by atoms with E-state index in [1.54, 1.807) is 31.3 Å². The number of nitro benzene ring substituents is 1. The van der Waals surface area contributed by atoms with Gasteiger partial charge in [0.1, 0.15) is 12.4 Å². The SMILES string of the molecule is COc1ccc(OCCn2cccc(C)c2=O)c([N+](=O)[O-])c1. The van der Waals surface area contributed by atoms with Crippen LogP contribution >= 0.6 is 0 Å². The summed E-state index contributed by atoms with van der Waals surface area (Å²) in [4.78, 5) is 22.4. The van der Waals surface area contributed by atoms with Crippen LogP contribution in [0, 0.1) is 17.0 Å². The fourth-order valence-electron chi connectivity index (χ4n) is 1.98. The van der Waals surface area contributed by atoms with E-state index in [9.17, 15) is 14.9 Å². The van der Waals surface area contributed by atoms with Crippen LogP contribution < -0.4 is 15.0 Å². The van der Waals surface area contributed by atoms with Crippen molar-refractivity contribution in [2.75, 3.05) is 13.7 Å². The summed E-state index contributed by atoms with van der Waals surface area (Å²) in [6.45, 7) is 2.19. The maximum Gasteiger partial charge on any atom is 0.314 e. The van der Waals surface area contributed by atoms with E-state index >= 15 is 0 Å². The van der Waals surface area contributed by atoms with E-state index in [4.69, 9.17) is 9.47 Å². The van der Waals surface area contributed by atoms with Gasteiger partial charge in [-0.15, -0.1) is 0 Å². The molecule has 2 rings (SSSR count). The molecule has 1 aromatic carbocycles. The zero-order valence-corrected chi connectivity index (χ0v) is 12.3. The lowest BCUT2D eigenvalue weighted by atomic mass is 10.3. The van der Waals surface area contributed by atoms with Gasteiger partial charge in [0.05, 0.1) is 24.6 Å². The predicted octanol–water partition coefficient (Wildman–Crippen LogP) is 2.15. The van der Waals surface area contributed by atoms with Gasteiger partial charge in [-0.3, -0.25) is 14.9 Å². The number of methoxy groups -OCH3 is 1. The smallest absolute Gasteiger partial charge is 0.314 e. The number of nitrogens with zero attached hydrogens (tertiary/aromatic N) is 2. The molecule has 0 atom stereocenters. The quantitative estimate of drug-likeness (QED) is 0.603. The Balaban J connectivity index is 2.10. The molecule has 0 radical (unpaired) electrons. The summed E-state index contributed by atoms with van der Waals surface area (Å²) in [7, 11) is 1.43. The van der Waals surface area contributed by atoms with Gasteiger partial charge in [-0.25, -0.2) is 0 Å². The summed E-state index contributed by atoms with van der Waals surface area (Å²) in [6, 6.07) is 7.87. The van der Waals surface area contributed by atoms with Crippen molar-refractivity contribution in [2.24, 2.45) is 0 Å². The van der Waals surface area contributed by atoms with Crippen LogP contribution in [-0.2, 0) is 6.54 Å². The minimum absolute atomic E-state index is 0.102. The van der Waals surface area contributed by atoms with Crippen molar-refractivity contribution in [1.82, 2.24) is 4.57 Å². The second-order valence-corrected chi connectivity index (χ2v) is 4.63. The van der Waals surface area contributed by atoms with Crippen LogP contribution in [0.15, 0.2) is 41.3 Å². The van der Waals surface area contributed by atoms with Crippen LogP contribution in [0.2, 0.25) is 0 Å². The molecular weight excluding hydrogens is 288 g/mol. The Kier molecular flexibility index (Phi) is 4.77. The zero-order chi connectivity index (χ0) is 16.1. The number of aryl methyl sites for hydroxylation is 1. The first-order valence-electron chi connectivity index (χ1n) is 6.64. The number of benzene rings is 1. The minimum Gasteiger partial charge on any atom is -0.496 e. The number of nitro groups is 1. The van der Waals surface area contributed by atoms with Crippen LogP contribution in [-0.4, -0.2) is 23.2 Å². The van der Waals surface area contributed by atoms with Gasteiger partial charge in [-0.1, -0.05) is 6.07 Å². The van der Waals surface area contributed by atoms with E-state index in [-0.39, 0.29) is 23.6 Å².